The highest BCUT2D eigenvalue weighted by Gasteiger charge is 2.21. The van der Waals surface area contributed by atoms with E-state index in [1.54, 1.807) is 16.8 Å². The molecule has 182 valence electrons. The standard InChI is InChI=1S/C26H29FN6O2/c1-17-10-18(2)25-20(11-17)12-21(26(34)28-25)14-32(13-19-5-7-22(27)8-6-19)16-24-29-30-31-33(24)15-23-4-3-9-35-23/h5-8,10-12,23H,3-4,9,13-16H2,1-2H3,(H,28,34)/t23-/m0/s1. The summed E-state index contributed by atoms with van der Waals surface area (Å²) in [6.45, 7) is 6.75. The first-order valence-corrected chi connectivity index (χ1v) is 11.9. The van der Waals surface area contributed by atoms with E-state index in [4.69, 9.17) is 4.74 Å². The number of H-pyrrole nitrogens is 1. The third kappa shape index (κ3) is 5.47. The minimum absolute atomic E-state index is 0.109. The minimum atomic E-state index is -0.280. The number of benzene rings is 2. The maximum atomic E-state index is 13.5. The number of aryl methyl sites for hydroxylation is 2. The average molecular weight is 477 g/mol. The van der Waals surface area contributed by atoms with Crippen LogP contribution in [0.2, 0.25) is 0 Å². The molecule has 2 aromatic carbocycles. The molecule has 0 amide bonds. The summed E-state index contributed by atoms with van der Waals surface area (Å²) in [4.78, 5) is 18.2. The Kier molecular flexibility index (Phi) is 6.70. The Morgan fingerprint density at radius 2 is 1.97 bits per heavy atom. The topological polar surface area (TPSA) is 88.9 Å². The van der Waals surface area contributed by atoms with Gasteiger partial charge >= 0.3 is 0 Å². The monoisotopic (exact) mass is 476 g/mol. The van der Waals surface area contributed by atoms with Gasteiger partial charge in [0.2, 0.25) is 0 Å². The number of halogens is 1. The number of nitrogens with zero attached hydrogens (tertiary/aromatic N) is 5. The van der Waals surface area contributed by atoms with Crippen LogP contribution in [-0.4, -0.2) is 42.8 Å². The van der Waals surface area contributed by atoms with Crippen molar-refractivity contribution in [3.63, 3.8) is 0 Å². The van der Waals surface area contributed by atoms with Gasteiger partial charge < -0.3 is 9.72 Å². The lowest BCUT2D eigenvalue weighted by molar-refractivity contribution is 0.0914. The lowest BCUT2D eigenvalue weighted by Crippen LogP contribution is -2.29. The van der Waals surface area contributed by atoms with Gasteiger partial charge in [0.05, 0.1) is 24.7 Å². The van der Waals surface area contributed by atoms with Gasteiger partial charge in [-0.05, 0) is 77.9 Å². The van der Waals surface area contributed by atoms with Crippen LogP contribution in [0.4, 0.5) is 4.39 Å². The molecule has 1 N–H and O–H groups in total. The number of hydrogen-bond acceptors (Lipinski definition) is 6. The van der Waals surface area contributed by atoms with Crippen molar-refractivity contribution in [2.75, 3.05) is 6.61 Å². The number of hydrogen-bond donors (Lipinski definition) is 1. The summed E-state index contributed by atoms with van der Waals surface area (Å²) in [7, 11) is 0. The van der Waals surface area contributed by atoms with Crippen LogP contribution in [0.5, 0.6) is 0 Å². The van der Waals surface area contributed by atoms with Gasteiger partial charge in [-0.25, -0.2) is 9.07 Å². The van der Waals surface area contributed by atoms with Crippen LogP contribution in [0.3, 0.4) is 0 Å². The van der Waals surface area contributed by atoms with Crippen molar-refractivity contribution >= 4 is 10.9 Å². The van der Waals surface area contributed by atoms with Gasteiger partial charge in [0.15, 0.2) is 5.82 Å². The largest absolute Gasteiger partial charge is 0.376 e. The van der Waals surface area contributed by atoms with E-state index < -0.39 is 0 Å². The lowest BCUT2D eigenvalue weighted by Gasteiger charge is -2.22. The Bertz CT molecular complexity index is 1380. The van der Waals surface area contributed by atoms with Gasteiger partial charge in [-0.15, -0.1) is 5.10 Å². The molecule has 2 aromatic heterocycles. The van der Waals surface area contributed by atoms with Gasteiger partial charge in [-0.3, -0.25) is 9.69 Å². The number of aromatic amines is 1. The third-order valence-corrected chi connectivity index (χ3v) is 6.46. The molecule has 0 bridgehead atoms. The van der Waals surface area contributed by atoms with Gasteiger partial charge in [-0.1, -0.05) is 23.8 Å². The number of tetrazole rings is 1. The Hall–Kier alpha value is -3.43. The molecule has 3 heterocycles. The van der Waals surface area contributed by atoms with E-state index >= 15 is 0 Å². The second-order valence-electron chi connectivity index (χ2n) is 9.35. The summed E-state index contributed by atoms with van der Waals surface area (Å²) >= 11 is 0. The molecular weight excluding hydrogens is 447 g/mol. The summed E-state index contributed by atoms with van der Waals surface area (Å²) in [5, 5.41) is 13.3. The molecule has 1 atom stereocenters. The molecule has 35 heavy (non-hydrogen) atoms. The maximum absolute atomic E-state index is 13.5. The number of aromatic nitrogens is 5. The molecule has 0 aliphatic carbocycles. The summed E-state index contributed by atoms with van der Waals surface area (Å²) in [6.07, 6.45) is 2.14. The van der Waals surface area contributed by atoms with E-state index in [0.29, 0.717) is 37.6 Å². The van der Waals surface area contributed by atoms with Gasteiger partial charge in [-0.2, -0.15) is 0 Å². The Labute approximate surface area is 202 Å². The number of ether oxygens (including phenoxy) is 1. The van der Waals surface area contributed by atoms with Crippen molar-refractivity contribution in [3.8, 4) is 0 Å². The fraction of sp³-hybridized carbons (Fsp3) is 0.385. The molecule has 0 radical (unpaired) electrons. The molecule has 4 aromatic rings. The molecular formula is C26H29FN6O2. The maximum Gasteiger partial charge on any atom is 0.252 e. The molecule has 1 fully saturated rings. The molecule has 5 rings (SSSR count). The van der Waals surface area contributed by atoms with Crippen molar-refractivity contribution in [1.82, 2.24) is 30.1 Å². The second kappa shape index (κ2) is 10.1. The average Bonchev–Trinajstić information content (AvgIpc) is 3.49. The molecule has 1 aliphatic rings. The number of rotatable bonds is 8. The van der Waals surface area contributed by atoms with Crippen LogP contribution in [0.1, 0.15) is 40.9 Å². The van der Waals surface area contributed by atoms with E-state index in [0.717, 1.165) is 47.0 Å². The highest BCUT2D eigenvalue weighted by atomic mass is 19.1. The first kappa shape index (κ1) is 23.3. The van der Waals surface area contributed by atoms with Crippen LogP contribution >= 0.6 is 0 Å². The zero-order valence-electron chi connectivity index (χ0n) is 20.0. The summed E-state index contributed by atoms with van der Waals surface area (Å²) in [5.74, 6) is 0.420. The van der Waals surface area contributed by atoms with Gasteiger partial charge in [0.25, 0.3) is 5.56 Å². The SMILES string of the molecule is Cc1cc(C)c2[nH]c(=O)c(CN(Cc3ccc(F)cc3)Cc3nnnn3C[C@@H]3CCCO3)cc2c1. The number of pyridine rings is 1. The first-order valence-electron chi connectivity index (χ1n) is 11.9. The minimum Gasteiger partial charge on any atom is -0.376 e. The summed E-state index contributed by atoms with van der Waals surface area (Å²) in [5.41, 5.74) is 4.52. The van der Waals surface area contributed by atoms with E-state index in [1.807, 2.05) is 19.9 Å². The van der Waals surface area contributed by atoms with Crippen molar-refractivity contribution < 1.29 is 9.13 Å². The van der Waals surface area contributed by atoms with Crippen LogP contribution in [0.15, 0.2) is 47.3 Å². The molecule has 8 nitrogen and oxygen atoms in total. The van der Waals surface area contributed by atoms with Crippen molar-refractivity contribution in [3.05, 3.63) is 86.7 Å². The van der Waals surface area contributed by atoms with Crippen LogP contribution in [0, 0.1) is 19.7 Å². The van der Waals surface area contributed by atoms with Crippen LogP contribution in [0.25, 0.3) is 10.9 Å². The van der Waals surface area contributed by atoms with Crippen molar-refractivity contribution in [2.24, 2.45) is 0 Å². The van der Waals surface area contributed by atoms with E-state index in [1.165, 1.54) is 12.1 Å². The fourth-order valence-electron chi connectivity index (χ4n) is 4.77. The normalized spacial score (nSPS) is 15.9. The molecule has 0 saturated carbocycles. The Morgan fingerprint density at radius 3 is 2.74 bits per heavy atom. The summed E-state index contributed by atoms with van der Waals surface area (Å²) in [6, 6.07) is 12.5. The molecule has 9 heteroatoms. The van der Waals surface area contributed by atoms with E-state index in [9.17, 15) is 9.18 Å². The van der Waals surface area contributed by atoms with Crippen LogP contribution < -0.4 is 5.56 Å². The summed E-state index contributed by atoms with van der Waals surface area (Å²) < 4.78 is 21.0. The van der Waals surface area contributed by atoms with Crippen molar-refractivity contribution in [1.29, 1.82) is 0 Å². The van der Waals surface area contributed by atoms with Crippen molar-refractivity contribution in [2.45, 2.75) is 59.0 Å². The van der Waals surface area contributed by atoms with Gasteiger partial charge in [0.1, 0.15) is 5.82 Å². The zero-order valence-corrected chi connectivity index (χ0v) is 20.0. The quantitative estimate of drug-likeness (QED) is 0.418. The predicted molar refractivity (Wildman–Crippen MR) is 130 cm³/mol. The zero-order chi connectivity index (χ0) is 24.4. The number of nitrogens with one attached hydrogen (secondary N) is 1. The smallest absolute Gasteiger partial charge is 0.252 e. The Balaban J connectivity index is 1.44. The third-order valence-electron chi connectivity index (χ3n) is 6.46. The highest BCUT2D eigenvalue weighted by molar-refractivity contribution is 5.82. The van der Waals surface area contributed by atoms with Crippen LogP contribution in [-0.2, 0) is 30.9 Å². The Morgan fingerprint density at radius 1 is 1.14 bits per heavy atom. The highest BCUT2D eigenvalue weighted by Crippen LogP contribution is 2.20. The molecule has 1 saturated heterocycles. The lowest BCUT2D eigenvalue weighted by atomic mass is 10.0. The van der Waals surface area contributed by atoms with E-state index in [2.05, 4.69) is 37.5 Å². The molecule has 0 unspecified atom stereocenters. The van der Waals surface area contributed by atoms with Gasteiger partial charge in [0, 0.05) is 25.3 Å². The number of fused-ring (bicyclic) bond motifs is 1. The molecule has 0 spiro atoms. The molecule has 1 aliphatic heterocycles. The first-order chi connectivity index (χ1) is 16.9. The fourth-order valence-corrected chi connectivity index (χ4v) is 4.77. The predicted octanol–water partition coefficient (Wildman–Crippen LogP) is 3.65. The second-order valence-corrected chi connectivity index (χ2v) is 9.35. The van der Waals surface area contributed by atoms with E-state index in [-0.39, 0.29) is 17.5 Å².